The van der Waals surface area contributed by atoms with Gasteiger partial charge in [-0.2, -0.15) is 5.10 Å². The van der Waals surface area contributed by atoms with Gasteiger partial charge in [-0.1, -0.05) is 0 Å². The molecule has 116 valence electrons. The second-order valence-corrected chi connectivity index (χ2v) is 7.62. The van der Waals surface area contributed by atoms with Gasteiger partial charge in [0.2, 0.25) is 10.0 Å². The highest BCUT2D eigenvalue weighted by Gasteiger charge is 2.43. The first-order valence-corrected chi connectivity index (χ1v) is 8.70. The van der Waals surface area contributed by atoms with Gasteiger partial charge in [-0.05, 0) is 37.5 Å². The minimum Gasteiger partial charge on any atom is -0.481 e. The van der Waals surface area contributed by atoms with Gasteiger partial charge in [0, 0.05) is 12.2 Å². The molecule has 2 aliphatic carbocycles. The minimum atomic E-state index is -3.57. The highest BCUT2D eigenvalue weighted by Crippen LogP contribution is 2.45. The molecule has 2 saturated carbocycles. The molecule has 7 nitrogen and oxygen atoms in total. The Morgan fingerprint density at radius 2 is 2.00 bits per heavy atom. The van der Waals surface area contributed by atoms with Crippen LogP contribution < -0.4 is 4.72 Å². The minimum absolute atomic E-state index is 0.0531. The molecule has 0 amide bonds. The van der Waals surface area contributed by atoms with Gasteiger partial charge in [0.05, 0.1) is 19.2 Å². The Morgan fingerprint density at radius 1 is 1.38 bits per heavy atom. The molecule has 3 rings (SSSR count). The number of hydrogen-bond donors (Lipinski definition) is 2. The molecule has 1 heterocycles. The summed E-state index contributed by atoms with van der Waals surface area (Å²) in [6, 6.07) is 0.0531. The van der Waals surface area contributed by atoms with Crippen LogP contribution in [0.1, 0.15) is 32.1 Å². The van der Waals surface area contributed by atoms with E-state index in [-0.39, 0.29) is 23.9 Å². The number of carboxylic acids is 1. The number of carboxylic acid groups (broad SMARTS) is 1. The third kappa shape index (κ3) is 3.62. The van der Waals surface area contributed by atoms with Crippen molar-refractivity contribution in [2.45, 2.75) is 49.6 Å². The first kappa shape index (κ1) is 14.5. The topological polar surface area (TPSA) is 101 Å². The highest BCUT2D eigenvalue weighted by atomic mass is 32.2. The quantitative estimate of drug-likeness (QED) is 0.740. The third-order valence-electron chi connectivity index (χ3n) is 4.03. The van der Waals surface area contributed by atoms with Crippen LogP contribution in [0.25, 0.3) is 0 Å². The molecule has 0 atom stereocenters. The molecule has 1 aromatic heterocycles. The molecule has 2 aliphatic rings. The normalized spacial score (nSPS) is 19.1. The van der Waals surface area contributed by atoms with E-state index < -0.39 is 16.0 Å². The van der Waals surface area contributed by atoms with Crippen LogP contribution in [-0.4, -0.2) is 35.3 Å². The van der Waals surface area contributed by atoms with Crippen LogP contribution in [0.3, 0.4) is 0 Å². The molecule has 0 saturated heterocycles. The lowest BCUT2D eigenvalue weighted by molar-refractivity contribution is -0.137. The second kappa shape index (κ2) is 5.42. The maximum atomic E-state index is 12.4. The van der Waals surface area contributed by atoms with E-state index in [1.807, 2.05) is 0 Å². The van der Waals surface area contributed by atoms with Crippen molar-refractivity contribution in [1.29, 1.82) is 0 Å². The van der Waals surface area contributed by atoms with E-state index in [1.54, 1.807) is 0 Å². The van der Waals surface area contributed by atoms with Crippen molar-refractivity contribution < 1.29 is 18.3 Å². The zero-order valence-corrected chi connectivity index (χ0v) is 12.4. The lowest BCUT2D eigenvalue weighted by Crippen LogP contribution is -2.37. The number of carbonyl (C=O) groups is 1. The Hall–Kier alpha value is -1.41. The van der Waals surface area contributed by atoms with Crippen molar-refractivity contribution >= 4 is 16.0 Å². The van der Waals surface area contributed by atoms with Crippen LogP contribution in [0.2, 0.25) is 0 Å². The first-order chi connectivity index (χ1) is 9.95. The summed E-state index contributed by atoms with van der Waals surface area (Å²) in [5.74, 6) is 0.0271. The number of aryl methyl sites for hydroxylation is 1. The fraction of sp³-hybridized carbons (Fsp3) is 0.692. The number of hydrogen-bond acceptors (Lipinski definition) is 4. The van der Waals surface area contributed by atoms with Crippen LogP contribution in [0.5, 0.6) is 0 Å². The molecule has 21 heavy (non-hydrogen) atoms. The molecule has 0 spiro atoms. The molecule has 0 aliphatic heterocycles. The summed E-state index contributed by atoms with van der Waals surface area (Å²) in [5, 5.41) is 12.5. The smallest absolute Gasteiger partial charge is 0.305 e. The number of nitrogens with zero attached hydrogens (tertiary/aromatic N) is 2. The molecular formula is C13H19N3O4S. The van der Waals surface area contributed by atoms with Gasteiger partial charge in [-0.3, -0.25) is 9.48 Å². The van der Waals surface area contributed by atoms with Gasteiger partial charge in [0.1, 0.15) is 4.90 Å². The molecule has 8 heteroatoms. The zero-order chi connectivity index (χ0) is 15.0. The van der Waals surface area contributed by atoms with Gasteiger partial charge in [0.15, 0.2) is 0 Å². The second-order valence-electron chi connectivity index (χ2n) is 5.90. The Morgan fingerprint density at radius 3 is 2.52 bits per heavy atom. The zero-order valence-electron chi connectivity index (χ0n) is 11.6. The van der Waals surface area contributed by atoms with Crippen molar-refractivity contribution in [2.24, 2.45) is 11.8 Å². The Bertz CT molecular complexity index is 620. The lowest BCUT2D eigenvalue weighted by Gasteiger charge is -2.16. The van der Waals surface area contributed by atoms with E-state index >= 15 is 0 Å². The number of aliphatic carboxylic acids is 1. The fourth-order valence-corrected chi connectivity index (χ4v) is 3.88. The van der Waals surface area contributed by atoms with E-state index in [9.17, 15) is 13.2 Å². The Balaban J connectivity index is 1.67. The predicted octanol–water partition coefficient (Wildman–Crippen LogP) is 0.825. The van der Waals surface area contributed by atoms with E-state index in [0.29, 0.717) is 11.8 Å². The van der Waals surface area contributed by atoms with Crippen molar-refractivity contribution in [3.8, 4) is 0 Å². The summed E-state index contributed by atoms with van der Waals surface area (Å²) in [4.78, 5) is 10.6. The largest absolute Gasteiger partial charge is 0.481 e. The van der Waals surface area contributed by atoms with E-state index in [2.05, 4.69) is 9.82 Å². The summed E-state index contributed by atoms with van der Waals surface area (Å²) in [5.41, 5.74) is 0. The van der Waals surface area contributed by atoms with E-state index in [1.165, 1.54) is 17.1 Å². The first-order valence-electron chi connectivity index (χ1n) is 7.22. The van der Waals surface area contributed by atoms with Crippen LogP contribution in [-0.2, 0) is 21.4 Å². The number of sulfonamides is 1. The van der Waals surface area contributed by atoms with Crippen molar-refractivity contribution in [3.63, 3.8) is 0 Å². The molecule has 2 fully saturated rings. The van der Waals surface area contributed by atoms with Crippen molar-refractivity contribution in [1.82, 2.24) is 14.5 Å². The van der Waals surface area contributed by atoms with Gasteiger partial charge >= 0.3 is 5.97 Å². The standard InChI is InChI=1S/C13H19N3O4S/c17-12(18)5-6-16-8-11(7-14-16)21(19,20)15-13(9-1-2-9)10-3-4-10/h7-10,13,15H,1-6H2,(H,17,18). The van der Waals surface area contributed by atoms with E-state index in [4.69, 9.17) is 5.11 Å². The monoisotopic (exact) mass is 313 g/mol. The van der Waals surface area contributed by atoms with Crippen molar-refractivity contribution in [2.75, 3.05) is 0 Å². The molecule has 0 bridgehead atoms. The highest BCUT2D eigenvalue weighted by molar-refractivity contribution is 7.89. The molecule has 0 aromatic carbocycles. The number of aromatic nitrogens is 2. The van der Waals surface area contributed by atoms with Gasteiger partial charge in [-0.15, -0.1) is 0 Å². The molecule has 1 aromatic rings. The van der Waals surface area contributed by atoms with Crippen LogP contribution in [0.4, 0.5) is 0 Å². The van der Waals surface area contributed by atoms with Gasteiger partial charge in [0.25, 0.3) is 0 Å². The predicted molar refractivity (Wildman–Crippen MR) is 74.0 cm³/mol. The van der Waals surface area contributed by atoms with Crippen molar-refractivity contribution in [3.05, 3.63) is 12.4 Å². The summed E-state index contributed by atoms with van der Waals surface area (Å²) in [6.45, 7) is 0.166. The lowest BCUT2D eigenvalue weighted by atomic mass is 10.1. The average Bonchev–Trinajstić information content (AvgIpc) is 3.32. The molecule has 0 radical (unpaired) electrons. The fourth-order valence-electron chi connectivity index (χ4n) is 2.55. The van der Waals surface area contributed by atoms with Crippen LogP contribution >= 0.6 is 0 Å². The average molecular weight is 313 g/mol. The van der Waals surface area contributed by atoms with Crippen LogP contribution in [0.15, 0.2) is 17.3 Å². The Kier molecular flexibility index (Phi) is 3.75. The molecular weight excluding hydrogens is 294 g/mol. The summed E-state index contributed by atoms with van der Waals surface area (Å²) in [6.07, 6.45) is 6.98. The van der Waals surface area contributed by atoms with Crippen LogP contribution in [0, 0.1) is 11.8 Å². The number of nitrogens with one attached hydrogen (secondary N) is 1. The number of rotatable bonds is 8. The Labute approximate surface area is 123 Å². The maximum absolute atomic E-state index is 12.4. The summed E-state index contributed by atoms with van der Waals surface area (Å²) < 4.78 is 28.9. The van der Waals surface area contributed by atoms with E-state index in [0.717, 1.165) is 25.7 Å². The van der Waals surface area contributed by atoms with Gasteiger partial charge < -0.3 is 5.11 Å². The molecule has 0 unspecified atom stereocenters. The summed E-state index contributed by atoms with van der Waals surface area (Å²) >= 11 is 0. The maximum Gasteiger partial charge on any atom is 0.305 e. The third-order valence-corrected chi connectivity index (χ3v) is 5.44. The van der Waals surface area contributed by atoms with Gasteiger partial charge in [-0.25, -0.2) is 13.1 Å². The summed E-state index contributed by atoms with van der Waals surface area (Å²) in [7, 11) is -3.57. The molecule has 2 N–H and O–H groups in total. The SMILES string of the molecule is O=C(O)CCn1cc(S(=O)(=O)NC(C2CC2)C2CC2)cn1.